The summed E-state index contributed by atoms with van der Waals surface area (Å²) in [6, 6.07) is 13.2. The van der Waals surface area contributed by atoms with Crippen LogP contribution in [0.2, 0.25) is 0 Å². The predicted molar refractivity (Wildman–Crippen MR) is 98.4 cm³/mol. The maximum atomic E-state index is 13.7. The fraction of sp³-hybridized carbons (Fsp3) is 0.143. The number of pyridine rings is 1. The van der Waals surface area contributed by atoms with Gasteiger partial charge >= 0.3 is 0 Å². The van der Waals surface area contributed by atoms with E-state index in [9.17, 15) is 13.6 Å². The molecular formula is C21H18F2N2O. The van der Waals surface area contributed by atoms with E-state index >= 15 is 0 Å². The molecule has 0 aliphatic rings. The van der Waals surface area contributed by atoms with Crippen LogP contribution in [0.15, 0.2) is 60.9 Å². The average molecular weight is 352 g/mol. The Kier molecular flexibility index (Phi) is 5.07. The van der Waals surface area contributed by atoms with E-state index in [2.05, 4.69) is 4.98 Å². The summed E-state index contributed by atoms with van der Waals surface area (Å²) >= 11 is 0. The molecule has 3 nitrogen and oxygen atoms in total. The first-order valence-corrected chi connectivity index (χ1v) is 8.14. The Balaban J connectivity index is 2.04. The highest BCUT2D eigenvalue weighted by Crippen LogP contribution is 2.32. The lowest BCUT2D eigenvalue weighted by atomic mass is 9.99. The van der Waals surface area contributed by atoms with E-state index in [-0.39, 0.29) is 11.1 Å². The molecule has 132 valence electrons. The van der Waals surface area contributed by atoms with Gasteiger partial charge in [-0.25, -0.2) is 8.78 Å². The Morgan fingerprint density at radius 1 is 1.12 bits per heavy atom. The summed E-state index contributed by atoms with van der Waals surface area (Å²) < 4.78 is 26.6. The van der Waals surface area contributed by atoms with Crippen molar-refractivity contribution in [3.05, 3.63) is 83.4 Å². The van der Waals surface area contributed by atoms with Gasteiger partial charge in [-0.2, -0.15) is 0 Å². The fourth-order valence-corrected chi connectivity index (χ4v) is 2.91. The second-order valence-electron chi connectivity index (χ2n) is 6.05. The number of halogens is 2. The number of hydrogen-bond acceptors (Lipinski definition) is 2. The van der Waals surface area contributed by atoms with Gasteiger partial charge in [0.2, 0.25) is 0 Å². The van der Waals surface area contributed by atoms with Crippen molar-refractivity contribution in [1.82, 2.24) is 4.98 Å². The molecule has 3 aromatic rings. The van der Waals surface area contributed by atoms with Crippen molar-refractivity contribution < 1.29 is 13.6 Å². The van der Waals surface area contributed by atoms with Gasteiger partial charge in [0.05, 0.1) is 11.9 Å². The van der Waals surface area contributed by atoms with Gasteiger partial charge < -0.3 is 4.90 Å². The van der Waals surface area contributed by atoms with E-state index in [1.54, 1.807) is 19.4 Å². The molecule has 0 saturated carbocycles. The van der Waals surface area contributed by atoms with Gasteiger partial charge in [0.15, 0.2) is 0 Å². The Morgan fingerprint density at radius 2 is 1.88 bits per heavy atom. The first-order chi connectivity index (χ1) is 12.5. The van der Waals surface area contributed by atoms with Crippen molar-refractivity contribution in [2.24, 2.45) is 0 Å². The number of amides is 1. The molecule has 0 atom stereocenters. The number of aryl methyl sites for hydroxylation is 1. The van der Waals surface area contributed by atoms with E-state index in [4.69, 9.17) is 0 Å². The molecule has 2 aromatic carbocycles. The largest absolute Gasteiger partial charge is 0.309 e. The molecule has 1 aromatic heterocycles. The lowest BCUT2D eigenvalue weighted by Gasteiger charge is -2.21. The molecule has 0 aliphatic heterocycles. The molecule has 0 unspecified atom stereocenters. The van der Waals surface area contributed by atoms with Crippen LogP contribution in [-0.4, -0.2) is 17.9 Å². The Hall–Kier alpha value is -3.08. The molecule has 0 saturated heterocycles. The van der Waals surface area contributed by atoms with E-state index in [1.165, 1.54) is 11.0 Å². The maximum absolute atomic E-state index is 13.7. The summed E-state index contributed by atoms with van der Waals surface area (Å²) in [4.78, 5) is 18.4. The van der Waals surface area contributed by atoms with Crippen LogP contribution in [-0.2, 0) is 6.67 Å². The second-order valence-corrected chi connectivity index (χ2v) is 6.05. The van der Waals surface area contributed by atoms with Crippen molar-refractivity contribution >= 4 is 11.6 Å². The van der Waals surface area contributed by atoms with E-state index in [0.717, 1.165) is 28.8 Å². The van der Waals surface area contributed by atoms with Gasteiger partial charge in [-0.15, -0.1) is 0 Å². The monoisotopic (exact) mass is 352 g/mol. The third kappa shape index (κ3) is 3.47. The highest BCUT2D eigenvalue weighted by molar-refractivity contribution is 6.07. The SMILES string of the molecule is Cc1ccccc1-c1ccncc1N(C)C(=O)c1cc(F)cc(CF)c1. The van der Waals surface area contributed by atoms with Crippen LogP contribution in [0.5, 0.6) is 0 Å². The van der Waals surface area contributed by atoms with E-state index in [0.29, 0.717) is 5.69 Å². The maximum Gasteiger partial charge on any atom is 0.258 e. The van der Waals surface area contributed by atoms with Gasteiger partial charge in [0.1, 0.15) is 12.5 Å². The molecule has 26 heavy (non-hydrogen) atoms. The van der Waals surface area contributed by atoms with Crippen LogP contribution in [0, 0.1) is 12.7 Å². The summed E-state index contributed by atoms with van der Waals surface area (Å²) in [5.74, 6) is -1.07. The molecule has 0 fully saturated rings. The minimum absolute atomic E-state index is 0.0970. The Morgan fingerprint density at radius 3 is 2.62 bits per heavy atom. The number of anilines is 1. The Bertz CT molecular complexity index is 956. The van der Waals surface area contributed by atoms with Gasteiger partial charge in [-0.3, -0.25) is 9.78 Å². The molecule has 1 heterocycles. The summed E-state index contributed by atoms with van der Waals surface area (Å²) in [5.41, 5.74) is 3.71. The lowest BCUT2D eigenvalue weighted by Crippen LogP contribution is -2.27. The third-order valence-electron chi connectivity index (χ3n) is 4.26. The predicted octanol–water partition coefficient (Wildman–Crippen LogP) is 4.94. The van der Waals surface area contributed by atoms with E-state index < -0.39 is 18.4 Å². The molecular weight excluding hydrogens is 334 g/mol. The van der Waals surface area contributed by atoms with Crippen LogP contribution in [0.4, 0.5) is 14.5 Å². The number of carbonyl (C=O) groups is 1. The van der Waals surface area contributed by atoms with Crippen molar-refractivity contribution in [1.29, 1.82) is 0 Å². The number of benzene rings is 2. The third-order valence-corrected chi connectivity index (χ3v) is 4.26. The zero-order valence-corrected chi connectivity index (χ0v) is 14.5. The van der Waals surface area contributed by atoms with Gasteiger partial charge in [0.25, 0.3) is 5.91 Å². The number of carbonyl (C=O) groups excluding carboxylic acids is 1. The average Bonchev–Trinajstić information content (AvgIpc) is 2.66. The summed E-state index contributed by atoms with van der Waals surface area (Å²) in [5, 5.41) is 0. The normalized spacial score (nSPS) is 10.6. The fourth-order valence-electron chi connectivity index (χ4n) is 2.91. The molecule has 0 aliphatic carbocycles. The Labute approximate surface area is 150 Å². The molecule has 1 amide bonds. The van der Waals surface area contributed by atoms with Crippen molar-refractivity contribution in [3.63, 3.8) is 0 Å². The minimum atomic E-state index is -0.830. The number of alkyl halides is 1. The zero-order chi connectivity index (χ0) is 18.7. The number of hydrogen-bond donors (Lipinski definition) is 0. The van der Waals surface area contributed by atoms with Crippen LogP contribution in [0.3, 0.4) is 0 Å². The van der Waals surface area contributed by atoms with Gasteiger partial charge in [0, 0.05) is 24.4 Å². The molecule has 3 rings (SSSR count). The first kappa shape index (κ1) is 17.7. The molecule has 0 bridgehead atoms. The highest BCUT2D eigenvalue weighted by Gasteiger charge is 2.19. The lowest BCUT2D eigenvalue weighted by molar-refractivity contribution is 0.0992. The van der Waals surface area contributed by atoms with Crippen LogP contribution in [0.1, 0.15) is 21.5 Å². The number of nitrogens with zero attached hydrogens (tertiary/aromatic N) is 2. The van der Waals surface area contributed by atoms with Gasteiger partial charge in [-0.05, 0) is 47.9 Å². The van der Waals surface area contributed by atoms with Crippen molar-refractivity contribution in [3.8, 4) is 11.1 Å². The minimum Gasteiger partial charge on any atom is -0.309 e. The summed E-state index contributed by atoms with van der Waals surface area (Å²) in [6.07, 6.45) is 3.25. The molecule has 0 radical (unpaired) electrons. The molecule has 0 spiro atoms. The zero-order valence-electron chi connectivity index (χ0n) is 14.5. The van der Waals surface area contributed by atoms with Crippen molar-refractivity contribution in [2.45, 2.75) is 13.6 Å². The summed E-state index contributed by atoms with van der Waals surface area (Å²) in [7, 11) is 1.60. The molecule has 5 heteroatoms. The first-order valence-electron chi connectivity index (χ1n) is 8.14. The standard InChI is InChI=1S/C21H18F2N2O/c1-14-5-3-4-6-18(14)19-7-8-24-13-20(19)25(2)21(26)16-9-15(12-22)10-17(23)11-16/h3-11,13H,12H2,1-2H3. The van der Waals surface area contributed by atoms with Gasteiger partial charge in [-0.1, -0.05) is 24.3 Å². The smallest absolute Gasteiger partial charge is 0.258 e. The second kappa shape index (κ2) is 7.44. The number of rotatable bonds is 4. The molecule has 0 N–H and O–H groups in total. The quantitative estimate of drug-likeness (QED) is 0.666. The van der Waals surface area contributed by atoms with Crippen LogP contribution < -0.4 is 4.90 Å². The van der Waals surface area contributed by atoms with Crippen LogP contribution >= 0.6 is 0 Å². The summed E-state index contributed by atoms with van der Waals surface area (Å²) in [6.45, 7) is 1.16. The van der Waals surface area contributed by atoms with E-state index in [1.807, 2.05) is 37.3 Å². The van der Waals surface area contributed by atoms with Crippen LogP contribution in [0.25, 0.3) is 11.1 Å². The van der Waals surface area contributed by atoms with Crippen molar-refractivity contribution in [2.75, 3.05) is 11.9 Å². The number of aromatic nitrogens is 1. The topological polar surface area (TPSA) is 33.2 Å². The highest BCUT2D eigenvalue weighted by atomic mass is 19.1.